The summed E-state index contributed by atoms with van der Waals surface area (Å²) < 4.78 is 6.53. The van der Waals surface area contributed by atoms with Crippen LogP contribution >= 0.6 is 0 Å². The normalized spacial score (nSPS) is 16.7. The van der Waals surface area contributed by atoms with Crippen LogP contribution in [0.25, 0.3) is 54.6 Å². The average Bonchev–Trinajstić information content (AvgIpc) is 3.49. The third-order valence-corrected chi connectivity index (χ3v) is 8.92. The van der Waals surface area contributed by atoms with Gasteiger partial charge in [0.25, 0.3) is 0 Å². The van der Waals surface area contributed by atoms with Crippen LogP contribution in [0.15, 0.2) is 161 Å². The Morgan fingerprint density at radius 3 is 2.13 bits per heavy atom. The van der Waals surface area contributed by atoms with Crippen molar-refractivity contribution in [2.24, 2.45) is 4.99 Å². The van der Waals surface area contributed by atoms with Gasteiger partial charge >= 0.3 is 0 Å². The molecule has 214 valence electrons. The van der Waals surface area contributed by atoms with Crippen LogP contribution < -0.4 is 10.6 Å². The number of aliphatic imine (C=N–C) groups is 1. The lowest BCUT2D eigenvalue weighted by Crippen LogP contribution is -2.45. The molecule has 0 radical (unpaired) electrons. The van der Waals surface area contributed by atoms with Crippen LogP contribution in [0, 0.1) is 0 Å². The van der Waals surface area contributed by atoms with E-state index in [0.29, 0.717) is 0 Å². The third kappa shape index (κ3) is 4.46. The summed E-state index contributed by atoms with van der Waals surface area (Å²) in [7, 11) is 0. The van der Waals surface area contributed by atoms with E-state index < -0.39 is 0 Å². The predicted octanol–water partition coefficient (Wildman–Crippen LogP) is 9.90. The number of fused-ring (bicyclic) bond motifs is 5. The number of para-hydroxylation sites is 1. The molecular weight excluding hydrogens is 550 g/mol. The molecule has 7 aromatic carbocycles. The Kier molecular flexibility index (Phi) is 6.00. The quantitative estimate of drug-likeness (QED) is 0.218. The minimum atomic E-state index is -0.259. The molecule has 1 aliphatic heterocycles. The Morgan fingerprint density at radius 1 is 0.511 bits per heavy atom. The monoisotopic (exact) mass is 579 g/mol. The number of rotatable bonds is 4. The minimum absolute atomic E-state index is 0.149. The van der Waals surface area contributed by atoms with Gasteiger partial charge in [-0.3, -0.25) is 5.32 Å². The second-order valence-corrected chi connectivity index (χ2v) is 11.7. The molecule has 2 N–H and O–H groups in total. The molecule has 0 amide bonds. The van der Waals surface area contributed by atoms with E-state index >= 15 is 0 Å². The maximum Gasteiger partial charge on any atom is 0.136 e. The van der Waals surface area contributed by atoms with Crippen LogP contribution in [0.2, 0.25) is 0 Å². The first-order valence-electron chi connectivity index (χ1n) is 15.4. The maximum absolute atomic E-state index is 6.53. The van der Waals surface area contributed by atoms with Gasteiger partial charge in [-0.05, 0) is 68.1 Å². The van der Waals surface area contributed by atoms with Crippen LogP contribution in [0.5, 0.6) is 0 Å². The molecule has 8 aromatic rings. The zero-order valence-corrected chi connectivity index (χ0v) is 24.4. The molecule has 0 fully saturated rings. The molecule has 45 heavy (non-hydrogen) atoms. The second-order valence-electron chi connectivity index (χ2n) is 11.7. The number of hydrogen-bond acceptors (Lipinski definition) is 4. The lowest BCUT2D eigenvalue weighted by atomic mass is 9.94. The summed E-state index contributed by atoms with van der Waals surface area (Å²) in [5.74, 6) is 0.833. The van der Waals surface area contributed by atoms with Crippen molar-refractivity contribution >= 4 is 49.3 Å². The minimum Gasteiger partial charge on any atom is -0.456 e. The van der Waals surface area contributed by atoms with Crippen molar-refractivity contribution in [1.82, 2.24) is 10.6 Å². The van der Waals surface area contributed by atoms with E-state index in [1.165, 1.54) is 21.5 Å². The number of furan rings is 1. The lowest BCUT2D eigenvalue weighted by Gasteiger charge is -2.32. The van der Waals surface area contributed by atoms with Crippen LogP contribution in [-0.2, 0) is 0 Å². The van der Waals surface area contributed by atoms with E-state index in [0.717, 1.165) is 55.6 Å². The lowest BCUT2D eigenvalue weighted by molar-refractivity contribution is 0.409. The van der Waals surface area contributed by atoms with Crippen molar-refractivity contribution in [1.29, 1.82) is 0 Å². The van der Waals surface area contributed by atoms with E-state index in [-0.39, 0.29) is 12.3 Å². The van der Waals surface area contributed by atoms with E-state index in [1.807, 2.05) is 12.1 Å². The molecule has 1 aromatic heterocycles. The van der Waals surface area contributed by atoms with Crippen LogP contribution in [-0.4, -0.2) is 5.84 Å². The van der Waals surface area contributed by atoms with E-state index in [4.69, 9.17) is 9.41 Å². The molecule has 0 bridgehead atoms. The van der Waals surface area contributed by atoms with Crippen LogP contribution in [0.3, 0.4) is 0 Å². The molecule has 0 spiro atoms. The van der Waals surface area contributed by atoms with Crippen molar-refractivity contribution in [3.05, 3.63) is 168 Å². The fourth-order valence-electron chi connectivity index (χ4n) is 6.73. The van der Waals surface area contributed by atoms with Gasteiger partial charge in [-0.1, -0.05) is 127 Å². The summed E-state index contributed by atoms with van der Waals surface area (Å²) in [4.78, 5) is 5.39. The smallest absolute Gasteiger partial charge is 0.136 e. The summed E-state index contributed by atoms with van der Waals surface area (Å²) in [6.45, 7) is 0. The maximum atomic E-state index is 6.53. The molecule has 0 saturated heterocycles. The predicted molar refractivity (Wildman–Crippen MR) is 185 cm³/mol. The van der Waals surface area contributed by atoms with E-state index in [9.17, 15) is 0 Å². The van der Waals surface area contributed by atoms with Crippen molar-refractivity contribution < 1.29 is 4.42 Å². The van der Waals surface area contributed by atoms with Gasteiger partial charge in [0.2, 0.25) is 0 Å². The molecule has 0 saturated carbocycles. The topological polar surface area (TPSA) is 49.6 Å². The summed E-state index contributed by atoms with van der Waals surface area (Å²) in [5.41, 5.74) is 7.25. The average molecular weight is 580 g/mol. The van der Waals surface area contributed by atoms with Crippen molar-refractivity contribution in [3.8, 4) is 11.1 Å². The van der Waals surface area contributed by atoms with Crippen molar-refractivity contribution in [2.45, 2.75) is 12.3 Å². The molecule has 2 unspecified atom stereocenters. The molecule has 9 rings (SSSR count). The second kappa shape index (κ2) is 10.5. The first kappa shape index (κ1) is 25.8. The Hall–Kier alpha value is -5.71. The first-order chi connectivity index (χ1) is 22.3. The van der Waals surface area contributed by atoms with Gasteiger partial charge in [-0.2, -0.15) is 0 Å². The Labute approximate surface area is 260 Å². The zero-order chi connectivity index (χ0) is 29.7. The summed E-state index contributed by atoms with van der Waals surface area (Å²) in [6.07, 6.45) is -0.407. The summed E-state index contributed by atoms with van der Waals surface area (Å²) >= 11 is 0. The van der Waals surface area contributed by atoms with Gasteiger partial charge in [0.1, 0.15) is 29.3 Å². The highest BCUT2D eigenvalue weighted by Crippen LogP contribution is 2.39. The largest absolute Gasteiger partial charge is 0.456 e. The molecular formula is C41H29N3O. The first-order valence-corrected chi connectivity index (χ1v) is 15.4. The molecule has 2 atom stereocenters. The highest BCUT2D eigenvalue weighted by atomic mass is 16.3. The SMILES string of the molecule is c1ccc(C2NC(c3cc(-c4cccc5ccccc45)cc4oc5ccccc5c34)=NC(c3ccc4ccccc4c3)N2)cc1. The number of nitrogens with zero attached hydrogens (tertiary/aromatic N) is 1. The van der Waals surface area contributed by atoms with Gasteiger partial charge in [-0.15, -0.1) is 0 Å². The highest BCUT2D eigenvalue weighted by molar-refractivity contribution is 6.19. The van der Waals surface area contributed by atoms with Gasteiger partial charge < -0.3 is 9.73 Å². The number of hydrogen-bond donors (Lipinski definition) is 2. The zero-order valence-electron chi connectivity index (χ0n) is 24.4. The molecule has 4 nitrogen and oxygen atoms in total. The van der Waals surface area contributed by atoms with Crippen molar-refractivity contribution in [3.63, 3.8) is 0 Å². The van der Waals surface area contributed by atoms with Crippen LogP contribution in [0.4, 0.5) is 0 Å². The number of amidine groups is 1. The van der Waals surface area contributed by atoms with E-state index in [2.05, 4.69) is 150 Å². The fourth-order valence-corrected chi connectivity index (χ4v) is 6.73. The summed E-state index contributed by atoms with van der Waals surface area (Å²) in [6, 6.07) is 53.4. The Balaban J connectivity index is 1.29. The summed E-state index contributed by atoms with van der Waals surface area (Å²) in [5, 5.41) is 14.5. The molecule has 2 heterocycles. The number of benzene rings is 7. The van der Waals surface area contributed by atoms with Gasteiger partial charge in [0.05, 0.1) is 0 Å². The molecule has 0 aliphatic carbocycles. The Bertz CT molecular complexity index is 2400. The third-order valence-electron chi connectivity index (χ3n) is 8.92. The van der Waals surface area contributed by atoms with Crippen LogP contribution in [0.1, 0.15) is 29.0 Å². The number of nitrogens with one attached hydrogen (secondary N) is 2. The van der Waals surface area contributed by atoms with Crippen molar-refractivity contribution in [2.75, 3.05) is 0 Å². The fraction of sp³-hybridized carbons (Fsp3) is 0.0488. The standard InChI is InChI=1S/C41H29N3O/c1-2-13-28(14-3-1)39-42-40(30-22-21-26-11-4-5-15-29(26)23-30)44-41(43-39)35-24-31(33-19-10-16-27-12-6-7-17-32(27)33)25-37-38(35)34-18-8-9-20-36(34)45-37/h1-25,39-40,42H,(H,43,44). The molecule has 1 aliphatic rings. The molecule has 4 heteroatoms. The van der Waals surface area contributed by atoms with Gasteiger partial charge in [0.15, 0.2) is 0 Å². The Morgan fingerprint density at radius 2 is 1.24 bits per heavy atom. The van der Waals surface area contributed by atoms with E-state index in [1.54, 1.807) is 0 Å². The van der Waals surface area contributed by atoms with Gasteiger partial charge in [0, 0.05) is 16.3 Å². The highest BCUT2D eigenvalue weighted by Gasteiger charge is 2.28. The van der Waals surface area contributed by atoms with Gasteiger partial charge in [-0.25, -0.2) is 4.99 Å².